The zero-order valence-corrected chi connectivity index (χ0v) is 9.16. The van der Waals surface area contributed by atoms with Crippen LogP contribution in [0.1, 0.15) is 31.1 Å². The first-order valence-electron chi connectivity index (χ1n) is 5.01. The number of rotatable bonds is 0. The number of hydrogen-bond donors (Lipinski definition) is 2. The maximum absolute atomic E-state index is 12.1. The van der Waals surface area contributed by atoms with Crippen molar-refractivity contribution < 1.29 is 9.90 Å². The highest BCUT2D eigenvalue weighted by molar-refractivity contribution is 6.12. The number of nitrogens with one attached hydrogen (secondary N) is 1. The Hall–Kier alpha value is -1.35. The van der Waals surface area contributed by atoms with E-state index in [0.29, 0.717) is 11.3 Å². The van der Waals surface area contributed by atoms with Gasteiger partial charge in [0, 0.05) is 16.7 Å². The highest BCUT2D eigenvalue weighted by Gasteiger charge is 2.51. The van der Waals surface area contributed by atoms with Crippen LogP contribution in [0.15, 0.2) is 24.3 Å². The molecule has 0 radical (unpaired) electrons. The fourth-order valence-electron chi connectivity index (χ4n) is 1.76. The highest BCUT2D eigenvalue weighted by atomic mass is 16.3. The molecule has 0 aliphatic carbocycles. The van der Waals surface area contributed by atoms with Crippen molar-refractivity contribution >= 4 is 11.5 Å². The van der Waals surface area contributed by atoms with Gasteiger partial charge in [-0.05, 0) is 12.1 Å². The lowest BCUT2D eigenvalue weighted by atomic mass is 9.80. The number of carbonyl (C=O) groups excluding carboxylic acids is 1. The molecule has 80 valence electrons. The predicted octanol–water partition coefficient (Wildman–Crippen LogP) is 2.03. The van der Waals surface area contributed by atoms with Gasteiger partial charge in [-0.2, -0.15) is 0 Å². The average Bonchev–Trinajstić information content (AvgIpc) is 2.40. The summed E-state index contributed by atoms with van der Waals surface area (Å²) in [6.45, 7) is 5.51. The number of Topliss-reactive ketones (excluding diaryl/α,β-unsaturated/α-hetero) is 1. The molecule has 0 spiro atoms. The molecule has 0 amide bonds. The molecular formula is C12H15NO2. The van der Waals surface area contributed by atoms with Gasteiger partial charge in [-0.1, -0.05) is 32.9 Å². The van der Waals surface area contributed by atoms with E-state index in [9.17, 15) is 9.90 Å². The molecule has 0 aromatic heterocycles. The second-order valence-corrected chi connectivity index (χ2v) is 4.96. The molecule has 15 heavy (non-hydrogen) atoms. The quantitative estimate of drug-likeness (QED) is 0.681. The summed E-state index contributed by atoms with van der Waals surface area (Å²) in [6.07, 6.45) is 0. The predicted molar refractivity (Wildman–Crippen MR) is 58.8 cm³/mol. The van der Waals surface area contributed by atoms with Crippen LogP contribution in [0, 0.1) is 5.41 Å². The van der Waals surface area contributed by atoms with Crippen LogP contribution in [0.3, 0.4) is 0 Å². The molecule has 0 fully saturated rings. The summed E-state index contributed by atoms with van der Waals surface area (Å²) in [5.41, 5.74) is -0.755. The summed E-state index contributed by atoms with van der Waals surface area (Å²) >= 11 is 0. The van der Waals surface area contributed by atoms with Gasteiger partial charge in [0.2, 0.25) is 11.5 Å². The van der Waals surface area contributed by atoms with Crippen LogP contribution in [-0.4, -0.2) is 16.6 Å². The van der Waals surface area contributed by atoms with Gasteiger partial charge in [0.05, 0.1) is 0 Å². The molecule has 2 rings (SSSR count). The van der Waals surface area contributed by atoms with Gasteiger partial charge < -0.3 is 10.4 Å². The molecule has 1 aliphatic rings. The fraction of sp³-hybridized carbons (Fsp3) is 0.417. The third-order valence-corrected chi connectivity index (χ3v) is 2.90. The zero-order chi connectivity index (χ0) is 11.3. The van der Waals surface area contributed by atoms with Crippen molar-refractivity contribution in [1.82, 2.24) is 0 Å². The summed E-state index contributed by atoms with van der Waals surface area (Å²) in [5.74, 6) is -0.245. The van der Waals surface area contributed by atoms with Crippen molar-refractivity contribution in [2.24, 2.45) is 5.41 Å². The monoisotopic (exact) mass is 205 g/mol. The minimum Gasteiger partial charge on any atom is -0.364 e. The number of carbonyl (C=O) groups is 1. The largest absolute Gasteiger partial charge is 0.364 e. The summed E-state index contributed by atoms with van der Waals surface area (Å²) in [7, 11) is 0. The maximum atomic E-state index is 12.1. The first-order valence-corrected chi connectivity index (χ1v) is 5.01. The number of anilines is 1. The molecule has 0 saturated heterocycles. The fourth-order valence-corrected chi connectivity index (χ4v) is 1.76. The van der Waals surface area contributed by atoms with E-state index in [1.54, 1.807) is 18.2 Å². The van der Waals surface area contributed by atoms with Crippen LogP contribution in [0.5, 0.6) is 0 Å². The second-order valence-electron chi connectivity index (χ2n) is 4.96. The Morgan fingerprint density at radius 1 is 1.27 bits per heavy atom. The number of aliphatic hydroxyl groups is 1. The Kier molecular flexibility index (Phi) is 1.92. The number of para-hydroxylation sites is 1. The summed E-state index contributed by atoms with van der Waals surface area (Å²) in [5, 5.41) is 13.3. The molecule has 1 atom stereocenters. The van der Waals surface area contributed by atoms with E-state index in [4.69, 9.17) is 0 Å². The third kappa shape index (κ3) is 1.27. The Morgan fingerprint density at radius 2 is 1.87 bits per heavy atom. The molecule has 1 aromatic carbocycles. The van der Waals surface area contributed by atoms with E-state index < -0.39 is 11.1 Å². The lowest BCUT2D eigenvalue weighted by Gasteiger charge is -2.35. The second kappa shape index (κ2) is 2.83. The standard InChI is InChI=1S/C12H15NO2/c1-11(2,3)12(15)10(14)8-6-4-5-7-9(8)13-12/h4-7,13,15H,1-3H3. The van der Waals surface area contributed by atoms with Gasteiger partial charge in [-0.25, -0.2) is 0 Å². The Morgan fingerprint density at radius 3 is 2.40 bits per heavy atom. The number of fused-ring (bicyclic) bond motifs is 1. The topological polar surface area (TPSA) is 49.3 Å². The minimum atomic E-state index is -1.49. The van der Waals surface area contributed by atoms with Crippen LogP contribution >= 0.6 is 0 Å². The van der Waals surface area contributed by atoms with Crippen molar-refractivity contribution in [3.63, 3.8) is 0 Å². The van der Waals surface area contributed by atoms with Crippen molar-refractivity contribution in [1.29, 1.82) is 0 Å². The molecular weight excluding hydrogens is 190 g/mol. The molecule has 1 unspecified atom stereocenters. The third-order valence-electron chi connectivity index (χ3n) is 2.90. The maximum Gasteiger partial charge on any atom is 0.217 e. The highest BCUT2D eigenvalue weighted by Crippen LogP contribution is 2.40. The molecule has 3 heteroatoms. The van der Waals surface area contributed by atoms with E-state index in [2.05, 4.69) is 5.32 Å². The normalized spacial score (nSPS) is 24.9. The van der Waals surface area contributed by atoms with Gasteiger partial charge in [-0.15, -0.1) is 0 Å². The SMILES string of the molecule is CC(C)(C)C1(O)Nc2ccccc2C1=O. The zero-order valence-electron chi connectivity index (χ0n) is 9.16. The number of benzene rings is 1. The van der Waals surface area contributed by atoms with Crippen molar-refractivity contribution in [2.75, 3.05) is 5.32 Å². The first-order chi connectivity index (χ1) is 6.86. The van der Waals surface area contributed by atoms with Gasteiger partial charge in [-0.3, -0.25) is 4.79 Å². The van der Waals surface area contributed by atoms with Gasteiger partial charge >= 0.3 is 0 Å². The number of hydrogen-bond acceptors (Lipinski definition) is 3. The van der Waals surface area contributed by atoms with E-state index >= 15 is 0 Å². The van der Waals surface area contributed by atoms with E-state index in [0.717, 1.165) is 0 Å². The molecule has 3 nitrogen and oxygen atoms in total. The van der Waals surface area contributed by atoms with Crippen molar-refractivity contribution in [3.8, 4) is 0 Å². The Labute approximate surface area is 89.1 Å². The smallest absolute Gasteiger partial charge is 0.217 e. The summed E-state index contributed by atoms with van der Waals surface area (Å²) < 4.78 is 0. The van der Waals surface area contributed by atoms with Crippen LogP contribution in [0.4, 0.5) is 5.69 Å². The molecule has 1 heterocycles. The Bertz CT molecular complexity index is 420. The molecule has 2 N–H and O–H groups in total. The minimum absolute atomic E-state index is 0.245. The summed E-state index contributed by atoms with van der Waals surface area (Å²) in [6, 6.07) is 7.17. The van der Waals surface area contributed by atoms with Gasteiger partial charge in [0.25, 0.3) is 0 Å². The van der Waals surface area contributed by atoms with Gasteiger partial charge in [0.15, 0.2) is 0 Å². The van der Waals surface area contributed by atoms with E-state index in [1.807, 2.05) is 26.8 Å². The van der Waals surface area contributed by atoms with Crippen LogP contribution in [0.25, 0.3) is 0 Å². The molecule has 1 aliphatic heterocycles. The molecule has 1 aromatic rings. The van der Waals surface area contributed by atoms with E-state index in [-0.39, 0.29) is 5.78 Å². The van der Waals surface area contributed by atoms with Crippen LogP contribution in [0.2, 0.25) is 0 Å². The Balaban J connectivity index is 2.52. The van der Waals surface area contributed by atoms with Crippen LogP contribution < -0.4 is 5.32 Å². The average molecular weight is 205 g/mol. The summed E-state index contributed by atoms with van der Waals surface area (Å²) in [4.78, 5) is 12.1. The number of ketones is 1. The molecule has 0 saturated carbocycles. The van der Waals surface area contributed by atoms with E-state index in [1.165, 1.54) is 0 Å². The molecule has 0 bridgehead atoms. The van der Waals surface area contributed by atoms with Crippen molar-refractivity contribution in [2.45, 2.75) is 26.5 Å². The lowest BCUT2D eigenvalue weighted by molar-refractivity contribution is -0.00920. The van der Waals surface area contributed by atoms with Gasteiger partial charge in [0.1, 0.15) is 0 Å². The van der Waals surface area contributed by atoms with Crippen molar-refractivity contribution in [3.05, 3.63) is 29.8 Å². The van der Waals surface area contributed by atoms with Crippen LogP contribution in [-0.2, 0) is 0 Å². The first kappa shape index (κ1) is 10.2. The lowest BCUT2D eigenvalue weighted by Crippen LogP contribution is -2.52.